The molecule has 2 aromatic carbocycles. The van der Waals surface area contributed by atoms with Crippen molar-refractivity contribution in [1.29, 1.82) is 0 Å². The topological polar surface area (TPSA) is 93.9 Å². The number of nitrogens with zero attached hydrogens (tertiary/aromatic N) is 7. The van der Waals surface area contributed by atoms with Crippen molar-refractivity contribution in [1.82, 2.24) is 29.5 Å². The highest BCUT2D eigenvalue weighted by Crippen LogP contribution is 2.65. The van der Waals surface area contributed by atoms with Crippen LogP contribution >= 0.6 is 0 Å². The number of fused-ring (bicyclic) bond motifs is 2. The molecule has 4 heterocycles. The van der Waals surface area contributed by atoms with Crippen LogP contribution in [0.15, 0.2) is 55.2 Å². The fourth-order valence-corrected chi connectivity index (χ4v) is 4.92. The zero-order valence-corrected chi connectivity index (χ0v) is 20.1. The van der Waals surface area contributed by atoms with Gasteiger partial charge in [0.2, 0.25) is 5.95 Å². The van der Waals surface area contributed by atoms with Gasteiger partial charge in [0.25, 0.3) is 5.92 Å². The van der Waals surface area contributed by atoms with Crippen LogP contribution in [0.4, 0.5) is 26.2 Å². The lowest BCUT2D eigenvalue weighted by atomic mass is 9.96. The van der Waals surface area contributed by atoms with Crippen molar-refractivity contribution in [3.05, 3.63) is 60.8 Å². The summed E-state index contributed by atoms with van der Waals surface area (Å²) in [5, 5.41) is 3.30. The van der Waals surface area contributed by atoms with Crippen LogP contribution in [0, 0.1) is 12.3 Å². The number of ether oxygens (including phenoxy) is 1. The van der Waals surface area contributed by atoms with Gasteiger partial charge in [0, 0.05) is 38.3 Å². The second kappa shape index (κ2) is 7.55. The van der Waals surface area contributed by atoms with Crippen LogP contribution in [0.25, 0.3) is 22.1 Å². The number of alkyl halides is 2. The third-order valence-corrected chi connectivity index (χ3v) is 7.21. The number of imidazole rings is 1. The lowest BCUT2D eigenvalue weighted by Crippen LogP contribution is -2.52. The molecule has 1 aliphatic carbocycles. The zero-order chi connectivity index (χ0) is 25.4. The van der Waals surface area contributed by atoms with Crippen molar-refractivity contribution in [2.24, 2.45) is 12.5 Å². The van der Waals surface area contributed by atoms with E-state index in [4.69, 9.17) is 4.74 Å². The second-order valence-electron chi connectivity index (χ2n) is 9.86. The number of aromatic nitrogens is 6. The summed E-state index contributed by atoms with van der Waals surface area (Å²) in [5.41, 5.74) is 3.82. The van der Waals surface area contributed by atoms with E-state index in [0.717, 1.165) is 28.0 Å². The van der Waals surface area contributed by atoms with Crippen LogP contribution in [0.3, 0.4) is 0 Å². The first-order valence-electron chi connectivity index (χ1n) is 11.9. The number of hydrogen-bond donors (Lipinski definition) is 1. The van der Waals surface area contributed by atoms with Gasteiger partial charge in [-0.2, -0.15) is 0 Å². The Morgan fingerprint density at radius 2 is 1.84 bits per heavy atom. The van der Waals surface area contributed by atoms with Crippen molar-refractivity contribution < 1.29 is 13.5 Å². The summed E-state index contributed by atoms with van der Waals surface area (Å²) in [4.78, 5) is 23.7. The van der Waals surface area contributed by atoms with Crippen LogP contribution < -0.4 is 15.0 Å². The normalized spacial score (nSPS) is 17.2. The van der Waals surface area contributed by atoms with Crippen LogP contribution in [0.1, 0.15) is 12.0 Å². The average molecular weight is 501 g/mol. The molecule has 7 rings (SSSR count). The van der Waals surface area contributed by atoms with Crippen molar-refractivity contribution >= 4 is 39.5 Å². The molecule has 1 saturated heterocycles. The van der Waals surface area contributed by atoms with E-state index >= 15 is 0 Å². The maximum Gasteiger partial charge on any atom is 0.258 e. The summed E-state index contributed by atoms with van der Waals surface area (Å²) in [5.74, 6) is -0.230. The first-order chi connectivity index (χ1) is 17.8. The molecule has 2 fully saturated rings. The summed E-state index contributed by atoms with van der Waals surface area (Å²) in [6.07, 6.45) is 4.75. The molecule has 1 N–H and O–H groups in total. The molecular formula is C26H22F2N8O. The molecule has 9 nitrogen and oxygen atoms in total. The third-order valence-electron chi connectivity index (χ3n) is 7.21. The van der Waals surface area contributed by atoms with Gasteiger partial charge in [-0.05, 0) is 42.8 Å². The first kappa shape index (κ1) is 21.8. The Morgan fingerprint density at radius 1 is 1.00 bits per heavy atom. The minimum absolute atomic E-state index is 0.0587. The van der Waals surface area contributed by atoms with E-state index in [-0.39, 0.29) is 19.5 Å². The Kier molecular flexibility index (Phi) is 4.45. The highest BCUT2D eigenvalue weighted by molar-refractivity contribution is 5.87. The zero-order valence-electron chi connectivity index (χ0n) is 20.1. The Bertz CT molecular complexity index is 1700. The number of rotatable bonds is 5. The maximum absolute atomic E-state index is 13.6. The van der Waals surface area contributed by atoms with Gasteiger partial charge in [-0.25, -0.2) is 33.7 Å². The molecule has 0 unspecified atom stereocenters. The van der Waals surface area contributed by atoms with E-state index in [1.165, 1.54) is 6.33 Å². The molecule has 2 aliphatic rings. The molecule has 0 amide bonds. The number of nitrogens with one attached hydrogen (secondary N) is 1. The maximum atomic E-state index is 13.6. The van der Waals surface area contributed by atoms with E-state index < -0.39 is 11.3 Å². The fraction of sp³-hybridized carbons (Fsp3) is 0.269. The number of benzene rings is 2. The lowest BCUT2D eigenvalue weighted by molar-refractivity contribution is 0.0516. The molecule has 1 saturated carbocycles. The van der Waals surface area contributed by atoms with Crippen molar-refractivity contribution in [3.63, 3.8) is 0 Å². The Balaban J connectivity index is 1.12. The quantitative estimate of drug-likeness (QED) is 0.361. The molecule has 0 bridgehead atoms. The minimum Gasteiger partial charge on any atom is -0.457 e. The lowest BCUT2D eigenvalue weighted by Gasteiger charge is -2.39. The third kappa shape index (κ3) is 3.52. The van der Waals surface area contributed by atoms with Crippen LogP contribution in [-0.2, 0) is 7.05 Å². The molecule has 0 radical (unpaired) electrons. The van der Waals surface area contributed by atoms with Crippen LogP contribution in [0.2, 0.25) is 0 Å². The fourth-order valence-electron chi connectivity index (χ4n) is 4.92. The molecule has 1 aliphatic heterocycles. The summed E-state index contributed by atoms with van der Waals surface area (Å²) < 4.78 is 35.3. The van der Waals surface area contributed by atoms with Gasteiger partial charge in [-0.3, -0.25) is 0 Å². The molecule has 0 atom stereocenters. The van der Waals surface area contributed by atoms with Gasteiger partial charge in [-0.15, -0.1) is 0 Å². The number of hydrogen-bond acceptors (Lipinski definition) is 8. The van der Waals surface area contributed by atoms with Crippen molar-refractivity contribution in [2.45, 2.75) is 19.3 Å². The smallest absolute Gasteiger partial charge is 0.258 e. The van der Waals surface area contributed by atoms with Crippen molar-refractivity contribution in [2.75, 3.05) is 23.3 Å². The highest BCUT2D eigenvalue weighted by Gasteiger charge is 2.76. The Morgan fingerprint density at radius 3 is 2.62 bits per heavy atom. The molecule has 11 heteroatoms. The van der Waals surface area contributed by atoms with E-state index in [9.17, 15) is 8.78 Å². The van der Waals surface area contributed by atoms with Gasteiger partial charge >= 0.3 is 0 Å². The van der Waals surface area contributed by atoms with Crippen molar-refractivity contribution in [3.8, 4) is 11.5 Å². The average Bonchev–Trinajstić information content (AvgIpc) is 3.27. The molecular weight excluding hydrogens is 478 g/mol. The standard InChI is InChI=1S/C26H22F2N8O/c1-15-7-16(3-6-21(15)37-17-4-5-20-18(8-17)32-14-35(20)2)33-23-22-19(30-13-31-23)9-29-24(34-22)36-11-25(12-36)10-26(25,27)28/h3-9,13-14H,10-12H2,1-2H3,(H,30,31,33). The first-order valence-corrected chi connectivity index (χ1v) is 11.9. The predicted molar refractivity (Wildman–Crippen MR) is 135 cm³/mol. The van der Waals surface area contributed by atoms with Gasteiger partial charge < -0.3 is 19.5 Å². The number of halogens is 2. The minimum atomic E-state index is -2.57. The van der Waals surface area contributed by atoms with Crippen LogP contribution in [-0.4, -0.2) is 48.5 Å². The highest BCUT2D eigenvalue weighted by atomic mass is 19.3. The van der Waals surface area contributed by atoms with E-state index in [2.05, 4.69) is 30.2 Å². The Labute approximate surface area is 210 Å². The largest absolute Gasteiger partial charge is 0.457 e. The summed E-state index contributed by atoms with van der Waals surface area (Å²) in [6.45, 7) is 2.48. The second-order valence-corrected chi connectivity index (χ2v) is 9.86. The molecule has 5 aromatic rings. The Hall–Kier alpha value is -4.41. The van der Waals surface area contributed by atoms with Gasteiger partial charge in [0.15, 0.2) is 5.82 Å². The molecule has 1 spiro atoms. The summed E-state index contributed by atoms with van der Waals surface area (Å²) >= 11 is 0. The van der Waals surface area contributed by atoms with E-state index in [1.54, 1.807) is 17.4 Å². The number of anilines is 3. The monoisotopic (exact) mass is 500 g/mol. The van der Waals surface area contributed by atoms with E-state index in [1.807, 2.05) is 54.9 Å². The van der Waals surface area contributed by atoms with Gasteiger partial charge in [-0.1, -0.05) is 0 Å². The molecule has 3 aromatic heterocycles. The summed E-state index contributed by atoms with van der Waals surface area (Å²) in [6, 6.07) is 11.6. The molecule has 186 valence electrons. The summed E-state index contributed by atoms with van der Waals surface area (Å²) in [7, 11) is 1.95. The number of aryl methyl sites for hydroxylation is 2. The van der Waals surface area contributed by atoms with Gasteiger partial charge in [0.1, 0.15) is 28.9 Å². The van der Waals surface area contributed by atoms with Gasteiger partial charge in [0.05, 0.1) is 29.0 Å². The molecule has 37 heavy (non-hydrogen) atoms. The van der Waals surface area contributed by atoms with E-state index in [0.29, 0.717) is 28.5 Å². The van der Waals surface area contributed by atoms with Crippen LogP contribution in [0.5, 0.6) is 11.5 Å². The predicted octanol–water partition coefficient (Wildman–Crippen LogP) is 5.00. The SMILES string of the molecule is Cc1cc(Nc2ncnc3cnc(N4CC5(C4)CC5(F)F)nc23)ccc1Oc1ccc2c(c1)ncn2C.